The number of carbonyl (C=O) groups excluding carboxylic acids is 1. The third-order valence-corrected chi connectivity index (χ3v) is 3.35. The van der Waals surface area contributed by atoms with Gasteiger partial charge in [-0.05, 0) is 24.1 Å². The number of aliphatic hydroxyl groups excluding tert-OH is 1. The Morgan fingerprint density at radius 2 is 2.17 bits per heavy atom. The number of esters is 1. The van der Waals surface area contributed by atoms with Crippen molar-refractivity contribution in [3.8, 4) is 0 Å². The lowest BCUT2D eigenvalue weighted by Gasteiger charge is -2.14. The molecule has 0 aliphatic carbocycles. The molecule has 100 valence electrons. The van der Waals surface area contributed by atoms with Crippen LogP contribution in [0.1, 0.15) is 54.6 Å². The van der Waals surface area contributed by atoms with Crippen molar-refractivity contribution in [2.24, 2.45) is 0 Å². The van der Waals surface area contributed by atoms with Crippen LogP contribution < -0.4 is 0 Å². The van der Waals surface area contributed by atoms with Crippen LogP contribution in [-0.4, -0.2) is 18.2 Å². The van der Waals surface area contributed by atoms with E-state index in [2.05, 4.69) is 22.9 Å². The number of hydrogen-bond donors (Lipinski definition) is 1. The summed E-state index contributed by atoms with van der Waals surface area (Å²) in [6, 6.07) is 5.28. The first-order valence-corrected chi connectivity index (χ1v) is 6.95. The van der Waals surface area contributed by atoms with E-state index < -0.39 is 12.1 Å². The molecule has 1 aromatic carbocycles. The first-order valence-electron chi connectivity index (χ1n) is 6.16. The van der Waals surface area contributed by atoms with Crippen molar-refractivity contribution >= 4 is 21.9 Å². The molecule has 1 rings (SSSR count). The standard InChI is InChI=1S/C14H19BrO3/c1-3-4-5-6-13(16)11-8-7-10(15)9-12(11)14(17)18-2/h7-9,13,16H,3-6H2,1-2H3. The molecule has 0 saturated carbocycles. The second-order valence-corrected chi connectivity index (χ2v) is 5.15. The van der Waals surface area contributed by atoms with Gasteiger partial charge in [-0.1, -0.05) is 48.2 Å². The minimum absolute atomic E-state index is 0.416. The fraction of sp³-hybridized carbons (Fsp3) is 0.500. The number of methoxy groups -OCH3 is 1. The highest BCUT2D eigenvalue weighted by Crippen LogP contribution is 2.26. The largest absolute Gasteiger partial charge is 0.465 e. The number of carbonyl (C=O) groups is 1. The molecule has 0 saturated heterocycles. The fourth-order valence-corrected chi connectivity index (χ4v) is 2.21. The van der Waals surface area contributed by atoms with Gasteiger partial charge < -0.3 is 9.84 Å². The predicted octanol–water partition coefficient (Wildman–Crippen LogP) is 3.85. The number of benzene rings is 1. The molecule has 0 heterocycles. The van der Waals surface area contributed by atoms with Crippen LogP contribution in [0.15, 0.2) is 22.7 Å². The van der Waals surface area contributed by atoms with Crippen LogP contribution >= 0.6 is 15.9 Å². The summed E-state index contributed by atoms with van der Waals surface area (Å²) in [5, 5.41) is 10.1. The lowest BCUT2D eigenvalue weighted by Crippen LogP contribution is -2.09. The molecule has 0 aliphatic rings. The highest BCUT2D eigenvalue weighted by molar-refractivity contribution is 9.10. The van der Waals surface area contributed by atoms with E-state index in [-0.39, 0.29) is 0 Å². The molecule has 0 aromatic heterocycles. The summed E-state index contributed by atoms with van der Waals surface area (Å²) >= 11 is 3.32. The lowest BCUT2D eigenvalue weighted by molar-refractivity contribution is 0.0592. The van der Waals surface area contributed by atoms with Crippen LogP contribution in [0.5, 0.6) is 0 Å². The fourth-order valence-electron chi connectivity index (χ4n) is 1.85. The van der Waals surface area contributed by atoms with Crippen LogP contribution in [0.3, 0.4) is 0 Å². The highest BCUT2D eigenvalue weighted by atomic mass is 79.9. The van der Waals surface area contributed by atoms with Gasteiger partial charge in [0.1, 0.15) is 0 Å². The maximum absolute atomic E-state index is 11.7. The van der Waals surface area contributed by atoms with Crippen LogP contribution in [-0.2, 0) is 4.74 Å². The Bertz CT molecular complexity index is 404. The topological polar surface area (TPSA) is 46.5 Å². The van der Waals surface area contributed by atoms with Crippen molar-refractivity contribution in [1.29, 1.82) is 0 Å². The van der Waals surface area contributed by atoms with Gasteiger partial charge in [0.2, 0.25) is 0 Å². The first kappa shape index (κ1) is 15.2. The third kappa shape index (κ3) is 4.10. The van der Waals surface area contributed by atoms with Crippen molar-refractivity contribution in [3.63, 3.8) is 0 Å². The molecule has 1 aromatic rings. The maximum atomic E-state index is 11.7. The van der Waals surface area contributed by atoms with E-state index in [1.165, 1.54) is 7.11 Å². The molecular weight excluding hydrogens is 296 g/mol. The summed E-state index contributed by atoms with van der Waals surface area (Å²) in [5.41, 5.74) is 1.07. The number of rotatable bonds is 6. The van der Waals surface area contributed by atoms with Gasteiger partial charge in [0.25, 0.3) is 0 Å². The minimum Gasteiger partial charge on any atom is -0.465 e. The van der Waals surface area contributed by atoms with Gasteiger partial charge in [-0.25, -0.2) is 4.79 Å². The minimum atomic E-state index is -0.612. The number of aliphatic hydroxyl groups is 1. The molecule has 0 fully saturated rings. The van der Waals surface area contributed by atoms with E-state index in [0.29, 0.717) is 17.5 Å². The van der Waals surface area contributed by atoms with Crippen molar-refractivity contribution in [2.45, 2.75) is 38.7 Å². The van der Waals surface area contributed by atoms with Gasteiger partial charge in [-0.15, -0.1) is 0 Å². The van der Waals surface area contributed by atoms with Gasteiger partial charge in [0.15, 0.2) is 0 Å². The first-order chi connectivity index (χ1) is 8.60. The Kier molecular flexibility index (Phi) is 6.36. The molecular formula is C14H19BrO3. The zero-order valence-corrected chi connectivity index (χ0v) is 12.4. The molecule has 0 aliphatic heterocycles. The van der Waals surface area contributed by atoms with Gasteiger partial charge >= 0.3 is 5.97 Å². The van der Waals surface area contributed by atoms with E-state index in [0.717, 1.165) is 23.7 Å². The monoisotopic (exact) mass is 314 g/mol. The molecule has 0 amide bonds. The normalized spacial score (nSPS) is 12.2. The van der Waals surface area contributed by atoms with Gasteiger partial charge in [-0.2, -0.15) is 0 Å². The number of ether oxygens (including phenoxy) is 1. The van der Waals surface area contributed by atoms with Crippen molar-refractivity contribution in [3.05, 3.63) is 33.8 Å². The molecule has 0 radical (unpaired) electrons. The molecule has 0 spiro atoms. The SMILES string of the molecule is CCCCCC(O)c1ccc(Br)cc1C(=O)OC. The van der Waals surface area contributed by atoms with Crippen LogP contribution in [0.4, 0.5) is 0 Å². The van der Waals surface area contributed by atoms with Crippen LogP contribution in [0.2, 0.25) is 0 Å². The summed E-state index contributed by atoms with van der Waals surface area (Å²) in [4.78, 5) is 11.7. The number of hydrogen-bond acceptors (Lipinski definition) is 3. The molecule has 1 unspecified atom stereocenters. The molecule has 18 heavy (non-hydrogen) atoms. The summed E-state index contributed by atoms with van der Waals surface area (Å²) in [6.07, 6.45) is 3.20. The second-order valence-electron chi connectivity index (χ2n) is 4.23. The highest BCUT2D eigenvalue weighted by Gasteiger charge is 2.18. The lowest BCUT2D eigenvalue weighted by atomic mass is 9.98. The summed E-state index contributed by atoms with van der Waals surface area (Å²) in [7, 11) is 1.34. The van der Waals surface area contributed by atoms with E-state index in [1.807, 2.05) is 6.07 Å². The molecule has 1 atom stereocenters. The van der Waals surface area contributed by atoms with E-state index in [9.17, 15) is 9.90 Å². The summed E-state index contributed by atoms with van der Waals surface area (Å²) in [5.74, 6) is -0.416. The average Bonchev–Trinajstić information content (AvgIpc) is 2.37. The van der Waals surface area contributed by atoms with Crippen molar-refractivity contribution < 1.29 is 14.6 Å². The predicted molar refractivity (Wildman–Crippen MR) is 74.6 cm³/mol. The number of unbranched alkanes of at least 4 members (excludes halogenated alkanes) is 2. The summed E-state index contributed by atoms with van der Waals surface area (Å²) in [6.45, 7) is 2.12. The average molecular weight is 315 g/mol. The maximum Gasteiger partial charge on any atom is 0.338 e. The Labute approximate surface area is 116 Å². The van der Waals surface area contributed by atoms with Crippen molar-refractivity contribution in [2.75, 3.05) is 7.11 Å². The third-order valence-electron chi connectivity index (χ3n) is 2.86. The smallest absolute Gasteiger partial charge is 0.338 e. The zero-order valence-electron chi connectivity index (χ0n) is 10.8. The Balaban J connectivity index is 2.89. The Hall–Kier alpha value is -0.870. The van der Waals surface area contributed by atoms with Gasteiger partial charge in [0, 0.05) is 4.47 Å². The van der Waals surface area contributed by atoms with Crippen LogP contribution in [0.25, 0.3) is 0 Å². The quantitative estimate of drug-likeness (QED) is 0.641. The second kappa shape index (κ2) is 7.54. The molecule has 4 heteroatoms. The van der Waals surface area contributed by atoms with E-state index in [1.54, 1.807) is 12.1 Å². The summed E-state index contributed by atoms with van der Waals surface area (Å²) < 4.78 is 5.54. The van der Waals surface area contributed by atoms with E-state index >= 15 is 0 Å². The Morgan fingerprint density at radius 3 is 2.78 bits per heavy atom. The molecule has 0 bridgehead atoms. The van der Waals surface area contributed by atoms with Crippen LogP contribution in [0, 0.1) is 0 Å². The molecule has 1 N–H and O–H groups in total. The van der Waals surface area contributed by atoms with Crippen molar-refractivity contribution in [1.82, 2.24) is 0 Å². The van der Waals surface area contributed by atoms with E-state index in [4.69, 9.17) is 4.74 Å². The Morgan fingerprint density at radius 1 is 1.44 bits per heavy atom. The van der Waals surface area contributed by atoms with Gasteiger partial charge in [0.05, 0.1) is 18.8 Å². The zero-order chi connectivity index (χ0) is 13.5. The molecule has 3 nitrogen and oxygen atoms in total. The van der Waals surface area contributed by atoms with Gasteiger partial charge in [-0.3, -0.25) is 0 Å². The number of halogens is 1.